The Hall–Kier alpha value is -5.55. The number of rotatable bonds is 4. The molecule has 14 nitrogen and oxygen atoms in total. The maximum atomic E-state index is 16.6. The van der Waals surface area contributed by atoms with Gasteiger partial charge in [-0.1, -0.05) is 112 Å². The van der Waals surface area contributed by atoms with Crippen LogP contribution in [0.25, 0.3) is 0 Å². The number of ketones is 1. The highest BCUT2D eigenvalue weighted by atomic mass is 16.6. The minimum Gasteiger partial charge on any atom is -0.507 e. The lowest BCUT2D eigenvalue weighted by molar-refractivity contribution is -0.228. The van der Waals surface area contributed by atoms with Gasteiger partial charge >= 0.3 is 11.9 Å². The predicted octanol–water partition coefficient (Wildman–Crippen LogP) is 11.5. The fourth-order valence-corrected chi connectivity index (χ4v) is 20.3. The Labute approximate surface area is 550 Å². The molecule has 0 saturated heterocycles. The second-order valence-electron chi connectivity index (χ2n) is 31.3. The number of carbonyl (C=O) groups is 3. The number of phenolic OH excluding ortho intramolecular Hbond substituents is 1. The zero-order valence-electron chi connectivity index (χ0n) is 54.9. The van der Waals surface area contributed by atoms with Gasteiger partial charge in [-0.2, -0.15) is 0 Å². The van der Waals surface area contributed by atoms with Gasteiger partial charge in [-0.3, -0.25) is 9.59 Å². The summed E-state index contributed by atoms with van der Waals surface area (Å²) in [7, 11) is 1.96. The molecule has 7 saturated carbocycles. The minimum absolute atomic E-state index is 0.0177. The van der Waals surface area contributed by atoms with Gasteiger partial charge in [0, 0.05) is 64.9 Å². The Morgan fingerprint density at radius 3 is 2.32 bits per heavy atom. The molecule has 14 heteroatoms. The summed E-state index contributed by atoms with van der Waals surface area (Å²) in [5.74, 6) is 11.4. The second-order valence-corrected chi connectivity index (χ2v) is 31.3. The highest BCUT2D eigenvalue weighted by Crippen LogP contribution is 2.60. The molecule has 7 aliphatic carbocycles. The lowest BCUT2D eigenvalue weighted by atomic mass is 9.48. The summed E-state index contributed by atoms with van der Waals surface area (Å²) in [6.07, 6.45) is 15.9. The summed E-state index contributed by atoms with van der Waals surface area (Å²) in [6, 6.07) is 16.2. The van der Waals surface area contributed by atoms with Crippen molar-refractivity contribution < 1.29 is 59.2 Å². The van der Waals surface area contributed by atoms with E-state index in [1.807, 2.05) is 31.3 Å². The molecule has 15 rings (SSSR count). The van der Waals surface area contributed by atoms with Crippen molar-refractivity contribution in [2.24, 2.45) is 46.8 Å². The summed E-state index contributed by atoms with van der Waals surface area (Å²) in [4.78, 5) is 45.7. The zero-order chi connectivity index (χ0) is 64.4. The topological polar surface area (TPSA) is 224 Å². The van der Waals surface area contributed by atoms with Crippen LogP contribution in [-0.4, -0.2) is 111 Å². The number of fused-ring (bicyclic) bond motifs is 17. The number of benzene rings is 3. The first kappa shape index (κ1) is 64.8. The summed E-state index contributed by atoms with van der Waals surface area (Å²) >= 11 is 0. The quantitative estimate of drug-likeness (QED) is 0.0692. The zero-order valence-corrected chi connectivity index (χ0v) is 54.9. The van der Waals surface area contributed by atoms with Gasteiger partial charge in [-0.25, -0.2) is 4.79 Å². The number of aromatic hydroxyl groups is 1. The fraction of sp³-hybridized carbons (Fsp3) is 0.658. The predicted molar refractivity (Wildman–Crippen MR) is 354 cm³/mol. The first-order chi connectivity index (χ1) is 44.9. The van der Waals surface area contributed by atoms with Crippen molar-refractivity contribution in [1.82, 2.24) is 5.32 Å². The number of anilines is 1. The van der Waals surface area contributed by atoms with Gasteiger partial charge in [0.25, 0.3) is 0 Å². The molecular weight excluding hydrogens is 1170 g/mol. The molecule has 93 heavy (non-hydrogen) atoms. The number of esters is 2. The van der Waals surface area contributed by atoms with Crippen LogP contribution >= 0.6 is 0 Å². The molecule has 5 aliphatic heterocycles. The maximum absolute atomic E-state index is 16.6. The third-order valence-corrected chi connectivity index (χ3v) is 25.5. The van der Waals surface area contributed by atoms with Crippen LogP contribution < -0.4 is 15.4 Å². The number of ether oxygens (including phenoxy) is 3. The van der Waals surface area contributed by atoms with E-state index in [1.165, 1.54) is 0 Å². The van der Waals surface area contributed by atoms with Gasteiger partial charge in [-0.15, -0.1) is 0 Å². The van der Waals surface area contributed by atoms with E-state index in [2.05, 4.69) is 58.6 Å². The third kappa shape index (κ3) is 12.5. The van der Waals surface area contributed by atoms with Crippen molar-refractivity contribution in [3.8, 4) is 35.2 Å². The highest BCUT2D eigenvalue weighted by molar-refractivity contribution is 5.89. The van der Waals surface area contributed by atoms with Crippen molar-refractivity contribution in [2.75, 3.05) is 32.1 Å². The first-order valence-electron chi connectivity index (χ1n) is 36.2. The Morgan fingerprint density at radius 2 is 1.52 bits per heavy atom. The molecule has 8 N–H and O–H groups in total. The molecule has 3 aromatic carbocycles. The van der Waals surface area contributed by atoms with Crippen LogP contribution in [0.3, 0.4) is 0 Å². The number of aliphatic hydroxyl groups excluding tert-OH is 3. The van der Waals surface area contributed by atoms with Crippen LogP contribution in [0.15, 0.2) is 60.2 Å². The van der Waals surface area contributed by atoms with Crippen molar-refractivity contribution in [3.63, 3.8) is 0 Å². The van der Waals surface area contributed by atoms with E-state index in [9.17, 15) is 40.2 Å². The Kier molecular flexibility index (Phi) is 18.4. The number of Topliss-reactive ketones (excluding diaryl/α,β-unsaturated/α-hetero) is 1. The van der Waals surface area contributed by atoms with Crippen molar-refractivity contribution >= 4 is 23.4 Å². The maximum Gasteiger partial charge on any atom is 0.334 e. The molecule has 14 bridgehead atoms. The van der Waals surface area contributed by atoms with Crippen molar-refractivity contribution in [2.45, 2.75) is 252 Å². The van der Waals surface area contributed by atoms with E-state index in [4.69, 9.17) is 14.2 Å². The summed E-state index contributed by atoms with van der Waals surface area (Å²) in [5.41, 5.74) is 0.603. The average molecular weight is 1270 g/mol. The molecule has 0 aromatic heterocycles. The van der Waals surface area contributed by atoms with Crippen LogP contribution in [0, 0.1) is 70.5 Å². The molecular formula is C79H100N2O12. The molecule has 5 heterocycles. The van der Waals surface area contributed by atoms with Gasteiger partial charge in [0.2, 0.25) is 0 Å². The normalized spacial score (nSPS) is 38.4. The van der Waals surface area contributed by atoms with Gasteiger partial charge in [0.15, 0.2) is 0 Å². The summed E-state index contributed by atoms with van der Waals surface area (Å²) < 4.78 is 20.0. The highest BCUT2D eigenvalue weighted by Gasteiger charge is 2.63. The first-order valence-corrected chi connectivity index (χ1v) is 36.2. The van der Waals surface area contributed by atoms with Crippen LogP contribution in [-0.2, 0) is 42.1 Å². The molecule has 0 radical (unpaired) electrons. The number of nitrogens with one attached hydrogen (secondary N) is 2. The minimum atomic E-state index is -1.66. The standard InChI is InChI=1S/C79H100N2O12/c1-76(89)46-81-59-36-54(35-56(37-59)74(87)77(31-27-49(43-77)44-80-2)30-26-47-18-22-60(23-19-47)91-45-68(76)84)51-20-21-52-42-70(85)93-73-61(52)39-55(72(86)71(73)50-13-5-3-6-14-50)41-69-79(90)64-17-8-7-15-53(64)38-62-63(66(82)25-24-65(62)79)33-48-12-11-16-58(32-48)78(28-9-4-10-29-78)67(83)40-57(34-51)75(88)92-69/h11-12,16,32,35-37,39-40,47,49-53,60,62-65,67-69,74,80-81,83-84,86-87,89-90H,3-10,13-15,17-19,22-25,27-29,31,33-34,38,41-46H2,1-2H3/b57-40-/t47?,49-,51+,52-,53-,60?,62+,63-,64+,65+,67+,68-,69-,74-,76-,77+,79+/m1/s1. The second kappa shape index (κ2) is 26.5. The van der Waals surface area contributed by atoms with E-state index < -0.39 is 76.1 Å². The van der Waals surface area contributed by atoms with E-state index in [1.54, 1.807) is 13.0 Å². The SMILES string of the molecule is CNC[C@@H]1CC[C@@]2(C#CC3CCC(CC3)OC[C@@H](O)[C@](C)(O)CNc3cc(cc([C@H]4C#C[C@@H]5CC(=O)Oc6c5cc(c(O)c6C5CCCCC5)C[C@H]5OC(=O)/C(=C\[C@H](O)C6(CCCCC6)c6cccc(c6)C[C@H]6C(=O)CC[C@H]7[C@H]6C[C@H]6CCCC[C@@H]6[C@@]57O)C4)c3)[C@H]2O)C1. The van der Waals surface area contributed by atoms with Crippen LogP contribution in [0.1, 0.15) is 237 Å². The number of phenols is 1. The van der Waals surface area contributed by atoms with E-state index in [0.29, 0.717) is 84.2 Å². The number of aliphatic hydroxyl groups is 5. The van der Waals surface area contributed by atoms with Crippen LogP contribution in [0.2, 0.25) is 0 Å². The van der Waals surface area contributed by atoms with Gasteiger partial charge < -0.3 is 55.5 Å². The van der Waals surface area contributed by atoms with Crippen LogP contribution in [0.4, 0.5) is 5.69 Å². The van der Waals surface area contributed by atoms with Crippen molar-refractivity contribution in [3.05, 3.63) is 99.1 Å². The number of carbonyl (C=O) groups excluding carboxylic acids is 3. The molecule has 2 spiro atoms. The van der Waals surface area contributed by atoms with Crippen LogP contribution in [0.5, 0.6) is 11.5 Å². The molecule has 3 aromatic rings. The smallest absolute Gasteiger partial charge is 0.334 e. The van der Waals surface area contributed by atoms with Gasteiger partial charge in [0.1, 0.15) is 40.7 Å². The molecule has 7 fully saturated rings. The number of hydrogen-bond acceptors (Lipinski definition) is 14. The Balaban J connectivity index is 0.995. The van der Waals surface area contributed by atoms with E-state index >= 15 is 4.79 Å². The monoisotopic (exact) mass is 1270 g/mol. The average Bonchev–Trinajstić information content (AvgIpc) is 0.803. The largest absolute Gasteiger partial charge is 0.507 e. The van der Waals surface area contributed by atoms with E-state index in [0.717, 1.165) is 127 Å². The van der Waals surface area contributed by atoms with Crippen molar-refractivity contribution in [1.29, 1.82) is 0 Å². The van der Waals surface area contributed by atoms with Gasteiger partial charge in [-0.05, 0) is 211 Å². The molecule has 0 unspecified atom stereocenters. The van der Waals surface area contributed by atoms with Gasteiger partial charge in [0.05, 0.1) is 42.7 Å². The Morgan fingerprint density at radius 1 is 0.753 bits per heavy atom. The lowest BCUT2D eigenvalue weighted by Crippen LogP contribution is -2.65. The summed E-state index contributed by atoms with van der Waals surface area (Å²) in [5, 5.41) is 85.3. The molecule has 0 amide bonds. The fourth-order valence-electron chi connectivity index (χ4n) is 20.3. The molecule has 12 aliphatic rings. The third-order valence-electron chi connectivity index (χ3n) is 25.5. The molecule has 498 valence electrons. The van der Waals surface area contributed by atoms with E-state index in [-0.39, 0.29) is 103 Å². The Bertz CT molecular complexity index is 3480. The number of hydrogen-bond donors (Lipinski definition) is 8. The lowest BCUT2D eigenvalue weighted by Gasteiger charge is -2.59. The molecule has 15 atom stereocenters. The summed E-state index contributed by atoms with van der Waals surface area (Å²) in [6.45, 7) is 2.21.